The molecule has 0 aromatic heterocycles. The van der Waals surface area contributed by atoms with Gasteiger partial charge in [0.2, 0.25) is 0 Å². The summed E-state index contributed by atoms with van der Waals surface area (Å²) in [6.45, 7) is 13.5. The molecule has 3 aromatic rings. The van der Waals surface area contributed by atoms with Crippen LogP contribution in [0.3, 0.4) is 0 Å². The van der Waals surface area contributed by atoms with E-state index in [9.17, 15) is 4.79 Å². The van der Waals surface area contributed by atoms with E-state index in [-0.39, 0.29) is 12.2 Å². The van der Waals surface area contributed by atoms with Crippen LogP contribution >= 0.6 is 0 Å². The number of ether oxygens (including phenoxy) is 3. The van der Waals surface area contributed by atoms with Crippen LogP contribution in [0.2, 0.25) is 0 Å². The number of anilines is 2. The Labute approximate surface area is 281 Å². The molecule has 2 heterocycles. The number of amides is 1. The minimum Gasteiger partial charge on any atom is -0.465 e. The molecule has 3 aromatic carbocycles. The Hall–Kier alpha value is -3.65. The van der Waals surface area contributed by atoms with Crippen molar-refractivity contribution in [3.63, 3.8) is 0 Å². The van der Waals surface area contributed by atoms with E-state index in [2.05, 4.69) is 91.5 Å². The highest BCUT2D eigenvalue weighted by atomic mass is 16.7. The molecular formula is C40H53N3O4. The van der Waals surface area contributed by atoms with Gasteiger partial charge in [-0.25, -0.2) is 0 Å². The smallest absolute Gasteiger partial charge is 0.251 e. The quantitative estimate of drug-likeness (QED) is 0.141. The molecule has 1 amide bonds. The molecule has 5 rings (SSSR count). The number of nitrogens with one attached hydrogen (secondary N) is 1. The van der Waals surface area contributed by atoms with Crippen LogP contribution in [0, 0.1) is 5.92 Å². The summed E-state index contributed by atoms with van der Waals surface area (Å²) in [6.07, 6.45) is 6.89. The minimum atomic E-state index is -0.289. The lowest BCUT2D eigenvalue weighted by atomic mass is 10.00. The first-order chi connectivity index (χ1) is 22.8. The standard InChI is InChI=1S/C40H53N3O4/c1-6-7-23-46-30(4)47-38-17-12-32(13-18-38)33-14-19-39-35(24-33)25-34(20-21-43(39)26-29(2)3)40(44)41-36-15-10-31(11-16-36)27-42(5)37-9-8-22-45-28-37/h10-19,24-25,29-30,37H,6-9,20-23,26-28H2,1-5H3,(H,41,44). The van der Waals surface area contributed by atoms with Gasteiger partial charge in [-0.05, 0) is 110 Å². The van der Waals surface area contributed by atoms with Crippen LogP contribution in [0.1, 0.15) is 70.9 Å². The highest BCUT2D eigenvalue weighted by Gasteiger charge is 2.22. The normalized spacial score (nSPS) is 17.2. The van der Waals surface area contributed by atoms with E-state index in [0.29, 0.717) is 25.0 Å². The zero-order chi connectivity index (χ0) is 33.2. The molecule has 0 bridgehead atoms. The maximum absolute atomic E-state index is 13.6. The van der Waals surface area contributed by atoms with Gasteiger partial charge in [0.1, 0.15) is 5.75 Å². The fourth-order valence-electron chi connectivity index (χ4n) is 6.32. The highest BCUT2D eigenvalue weighted by molar-refractivity contribution is 6.07. The molecule has 47 heavy (non-hydrogen) atoms. The number of rotatable bonds is 14. The predicted molar refractivity (Wildman–Crippen MR) is 193 cm³/mol. The van der Waals surface area contributed by atoms with Crippen molar-refractivity contribution in [1.29, 1.82) is 0 Å². The zero-order valence-electron chi connectivity index (χ0n) is 29.0. The third-order valence-electron chi connectivity index (χ3n) is 8.97. The van der Waals surface area contributed by atoms with E-state index >= 15 is 0 Å². The molecule has 1 N–H and O–H groups in total. The van der Waals surface area contributed by atoms with Crippen LogP contribution in [0.5, 0.6) is 5.75 Å². The Morgan fingerprint density at radius 2 is 1.81 bits per heavy atom. The van der Waals surface area contributed by atoms with Crippen LogP contribution in [0.25, 0.3) is 17.2 Å². The number of hydrogen-bond acceptors (Lipinski definition) is 6. The molecule has 0 spiro atoms. The molecule has 0 radical (unpaired) electrons. The molecular weight excluding hydrogens is 586 g/mol. The summed E-state index contributed by atoms with van der Waals surface area (Å²) >= 11 is 0. The van der Waals surface area contributed by atoms with Crippen molar-refractivity contribution in [2.24, 2.45) is 5.92 Å². The molecule has 0 aliphatic carbocycles. The van der Waals surface area contributed by atoms with Gasteiger partial charge in [0.15, 0.2) is 6.29 Å². The van der Waals surface area contributed by atoms with Crippen molar-refractivity contribution >= 4 is 23.4 Å². The van der Waals surface area contributed by atoms with E-state index in [0.717, 1.165) is 85.8 Å². The van der Waals surface area contributed by atoms with Crippen molar-refractivity contribution in [3.8, 4) is 16.9 Å². The third kappa shape index (κ3) is 9.92. The largest absolute Gasteiger partial charge is 0.465 e. The number of carbonyl (C=O) groups is 1. The molecule has 252 valence electrons. The highest BCUT2D eigenvalue weighted by Crippen LogP contribution is 2.34. The van der Waals surface area contributed by atoms with Gasteiger partial charge in [-0.1, -0.05) is 57.5 Å². The SMILES string of the molecule is CCCCOC(C)Oc1ccc(-c2ccc3c(c2)C=C(C(=O)Nc2ccc(CN(C)C4CCCOC4)cc2)CCN3CC(C)C)cc1. The van der Waals surface area contributed by atoms with Crippen LogP contribution < -0.4 is 15.0 Å². The number of unbranched alkanes of at least 4 members (excludes halogenated alkanes) is 1. The average molecular weight is 640 g/mol. The Bertz CT molecular complexity index is 1460. The lowest BCUT2D eigenvalue weighted by Crippen LogP contribution is -2.37. The lowest BCUT2D eigenvalue weighted by molar-refractivity contribution is -0.112. The van der Waals surface area contributed by atoms with Crippen molar-refractivity contribution in [2.75, 3.05) is 50.2 Å². The van der Waals surface area contributed by atoms with Gasteiger partial charge < -0.3 is 24.4 Å². The van der Waals surface area contributed by atoms with E-state index < -0.39 is 0 Å². The van der Waals surface area contributed by atoms with E-state index in [4.69, 9.17) is 14.2 Å². The second-order valence-corrected chi connectivity index (χ2v) is 13.4. The fourth-order valence-corrected chi connectivity index (χ4v) is 6.32. The fraction of sp³-hybridized carbons (Fsp3) is 0.475. The molecule has 1 fully saturated rings. The summed E-state index contributed by atoms with van der Waals surface area (Å²) in [5, 5.41) is 3.17. The van der Waals surface area contributed by atoms with Gasteiger partial charge in [-0.3, -0.25) is 9.69 Å². The number of benzene rings is 3. The van der Waals surface area contributed by atoms with Gasteiger partial charge in [0.25, 0.3) is 5.91 Å². The Kier molecular flexibility index (Phi) is 12.5. The van der Waals surface area contributed by atoms with Crippen molar-refractivity contribution in [2.45, 2.75) is 78.7 Å². The number of nitrogens with zero attached hydrogens (tertiary/aromatic N) is 2. The van der Waals surface area contributed by atoms with Gasteiger partial charge in [0, 0.05) is 49.2 Å². The van der Waals surface area contributed by atoms with Gasteiger partial charge in [0.05, 0.1) is 13.2 Å². The Morgan fingerprint density at radius 1 is 1.04 bits per heavy atom. The topological polar surface area (TPSA) is 63.3 Å². The van der Waals surface area contributed by atoms with E-state index in [1.54, 1.807) is 0 Å². The number of likely N-dealkylation sites (N-methyl/N-ethyl adjacent to an activating group) is 1. The molecule has 2 aliphatic heterocycles. The van der Waals surface area contributed by atoms with Gasteiger partial charge >= 0.3 is 0 Å². The summed E-state index contributed by atoms with van der Waals surface area (Å²) in [4.78, 5) is 18.4. The molecule has 1 saturated heterocycles. The van der Waals surface area contributed by atoms with Gasteiger partial charge in [-0.2, -0.15) is 0 Å². The Balaban J connectivity index is 1.29. The molecule has 7 nitrogen and oxygen atoms in total. The van der Waals surface area contributed by atoms with Crippen LogP contribution in [0.4, 0.5) is 11.4 Å². The molecule has 7 heteroatoms. The molecule has 2 atom stereocenters. The Morgan fingerprint density at radius 3 is 2.51 bits per heavy atom. The van der Waals surface area contributed by atoms with Crippen molar-refractivity contribution in [1.82, 2.24) is 4.90 Å². The monoisotopic (exact) mass is 639 g/mol. The first kappa shape index (κ1) is 34.7. The number of carbonyl (C=O) groups excluding carboxylic acids is 1. The van der Waals surface area contributed by atoms with Crippen LogP contribution in [0.15, 0.2) is 72.3 Å². The first-order valence-corrected chi connectivity index (χ1v) is 17.5. The van der Waals surface area contributed by atoms with Crippen LogP contribution in [-0.2, 0) is 20.8 Å². The summed E-state index contributed by atoms with van der Waals surface area (Å²) < 4.78 is 17.4. The number of fused-ring (bicyclic) bond motifs is 1. The lowest BCUT2D eigenvalue weighted by Gasteiger charge is -2.31. The maximum Gasteiger partial charge on any atom is 0.251 e. The van der Waals surface area contributed by atoms with Crippen molar-refractivity contribution in [3.05, 3.63) is 83.4 Å². The first-order valence-electron chi connectivity index (χ1n) is 17.5. The average Bonchev–Trinajstić information content (AvgIpc) is 3.25. The van der Waals surface area contributed by atoms with E-state index in [1.807, 2.05) is 31.2 Å². The van der Waals surface area contributed by atoms with Crippen molar-refractivity contribution < 1.29 is 19.0 Å². The third-order valence-corrected chi connectivity index (χ3v) is 8.97. The second-order valence-electron chi connectivity index (χ2n) is 13.4. The molecule has 2 aliphatic rings. The second kappa shape index (κ2) is 17.0. The predicted octanol–water partition coefficient (Wildman–Crippen LogP) is 8.39. The molecule has 0 saturated carbocycles. The van der Waals surface area contributed by atoms with E-state index in [1.165, 1.54) is 17.7 Å². The summed E-state index contributed by atoms with van der Waals surface area (Å²) in [7, 11) is 2.16. The van der Waals surface area contributed by atoms with Crippen LogP contribution in [-0.4, -0.2) is 63.1 Å². The number of hydrogen-bond donors (Lipinski definition) is 1. The maximum atomic E-state index is 13.6. The summed E-state index contributed by atoms with van der Waals surface area (Å²) in [6, 6.07) is 23.4. The molecule has 2 unspecified atom stereocenters. The summed E-state index contributed by atoms with van der Waals surface area (Å²) in [5.41, 5.74) is 7.26. The zero-order valence-corrected chi connectivity index (χ0v) is 29.0. The minimum absolute atomic E-state index is 0.0475. The van der Waals surface area contributed by atoms with Gasteiger partial charge in [-0.15, -0.1) is 0 Å². The summed E-state index contributed by atoms with van der Waals surface area (Å²) in [5.74, 6) is 1.24.